The van der Waals surface area contributed by atoms with Gasteiger partial charge in [-0.1, -0.05) is 12.8 Å². The van der Waals surface area contributed by atoms with Gasteiger partial charge in [-0.2, -0.15) is 0 Å². The number of hydrogen-bond acceptors (Lipinski definition) is 2. The fraction of sp³-hybridized carbons (Fsp3) is 0.688. The summed E-state index contributed by atoms with van der Waals surface area (Å²) < 4.78 is 2.14. The lowest BCUT2D eigenvalue weighted by atomic mass is 10.1. The Morgan fingerprint density at radius 1 is 1.45 bits per heavy atom. The molecule has 0 saturated carbocycles. The Labute approximate surface area is 121 Å². The van der Waals surface area contributed by atoms with Gasteiger partial charge in [0.1, 0.15) is 0 Å². The zero-order valence-electron chi connectivity index (χ0n) is 12.7. The van der Waals surface area contributed by atoms with E-state index in [0.29, 0.717) is 6.42 Å². The third-order valence-electron chi connectivity index (χ3n) is 4.21. The molecule has 0 aliphatic carbocycles. The second-order valence-corrected chi connectivity index (χ2v) is 6.01. The maximum absolute atomic E-state index is 12.5. The SMILES string of the molecule is CC(N)CCC(=O)N1CCCCCC1c1cccn1C. The summed E-state index contributed by atoms with van der Waals surface area (Å²) in [4.78, 5) is 14.6. The molecule has 2 rings (SSSR count). The van der Waals surface area contributed by atoms with Crippen molar-refractivity contribution < 1.29 is 4.79 Å². The smallest absolute Gasteiger partial charge is 0.223 e. The average Bonchev–Trinajstić information content (AvgIpc) is 2.69. The molecule has 4 nitrogen and oxygen atoms in total. The van der Waals surface area contributed by atoms with Crippen LogP contribution in [0.3, 0.4) is 0 Å². The van der Waals surface area contributed by atoms with Crippen LogP contribution in [0.15, 0.2) is 18.3 Å². The van der Waals surface area contributed by atoms with E-state index >= 15 is 0 Å². The largest absolute Gasteiger partial charge is 0.353 e. The first-order valence-corrected chi connectivity index (χ1v) is 7.76. The number of nitrogens with zero attached hydrogens (tertiary/aromatic N) is 2. The number of aryl methyl sites for hydroxylation is 1. The molecular weight excluding hydrogens is 250 g/mol. The first kappa shape index (κ1) is 15.1. The quantitative estimate of drug-likeness (QED) is 0.919. The molecule has 20 heavy (non-hydrogen) atoms. The van der Waals surface area contributed by atoms with Crippen molar-refractivity contribution in [3.8, 4) is 0 Å². The van der Waals surface area contributed by atoms with E-state index in [4.69, 9.17) is 5.73 Å². The maximum Gasteiger partial charge on any atom is 0.223 e. The zero-order valence-corrected chi connectivity index (χ0v) is 12.7. The van der Waals surface area contributed by atoms with Gasteiger partial charge in [0, 0.05) is 37.9 Å². The van der Waals surface area contributed by atoms with Gasteiger partial charge in [-0.05, 0) is 38.3 Å². The van der Waals surface area contributed by atoms with Crippen LogP contribution in [0.25, 0.3) is 0 Å². The van der Waals surface area contributed by atoms with Crippen LogP contribution in [-0.2, 0) is 11.8 Å². The highest BCUT2D eigenvalue weighted by Gasteiger charge is 2.27. The van der Waals surface area contributed by atoms with Crippen LogP contribution >= 0.6 is 0 Å². The summed E-state index contributed by atoms with van der Waals surface area (Å²) in [7, 11) is 2.06. The Hall–Kier alpha value is -1.29. The topological polar surface area (TPSA) is 51.3 Å². The van der Waals surface area contributed by atoms with Gasteiger partial charge in [-0.15, -0.1) is 0 Å². The molecular formula is C16H27N3O. The predicted molar refractivity (Wildman–Crippen MR) is 81.2 cm³/mol. The van der Waals surface area contributed by atoms with Crippen LogP contribution in [0, 0.1) is 0 Å². The number of nitrogens with two attached hydrogens (primary N) is 1. The summed E-state index contributed by atoms with van der Waals surface area (Å²) >= 11 is 0. The van der Waals surface area contributed by atoms with Gasteiger partial charge < -0.3 is 15.2 Å². The van der Waals surface area contributed by atoms with Crippen molar-refractivity contribution in [2.24, 2.45) is 12.8 Å². The average molecular weight is 277 g/mol. The van der Waals surface area contributed by atoms with Crippen LogP contribution in [0.1, 0.15) is 57.2 Å². The van der Waals surface area contributed by atoms with E-state index in [2.05, 4.69) is 34.8 Å². The molecule has 0 aromatic carbocycles. The standard InChI is InChI=1S/C16H27N3O/c1-13(17)9-10-16(20)19-12-5-3-4-7-15(19)14-8-6-11-18(14)2/h6,8,11,13,15H,3-5,7,9-10,12,17H2,1-2H3. The molecule has 1 saturated heterocycles. The summed E-state index contributed by atoms with van der Waals surface area (Å²) in [6.07, 6.45) is 8.01. The van der Waals surface area contributed by atoms with Crippen LogP contribution in [-0.4, -0.2) is 28.0 Å². The highest BCUT2D eigenvalue weighted by Crippen LogP contribution is 2.30. The molecule has 1 fully saturated rings. The fourth-order valence-electron chi connectivity index (χ4n) is 3.03. The summed E-state index contributed by atoms with van der Waals surface area (Å²) in [5.74, 6) is 0.260. The summed E-state index contributed by atoms with van der Waals surface area (Å²) in [6.45, 7) is 2.85. The summed E-state index contributed by atoms with van der Waals surface area (Å²) in [5, 5.41) is 0. The zero-order chi connectivity index (χ0) is 14.5. The lowest BCUT2D eigenvalue weighted by Gasteiger charge is -2.31. The van der Waals surface area contributed by atoms with Gasteiger partial charge in [0.05, 0.1) is 6.04 Å². The summed E-state index contributed by atoms with van der Waals surface area (Å²) in [5.41, 5.74) is 7.03. The molecule has 2 unspecified atom stereocenters. The molecule has 112 valence electrons. The highest BCUT2D eigenvalue weighted by molar-refractivity contribution is 5.76. The van der Waals surface area contributed by atoms with Crippen molar-refractivity contribution in [1.82, 2.24) is 9.47 Å². The highest BCUT2D eigenvalue weighted by atomic mass is 16.2. The Kier molecular flexibility index (Phi) is 5.24. The van der Waals surface area contributed by atoms with Crippen LogP contribution < -0.4 is 5.73 Å². The monoisotopic (exact) mass is 277 g/mol. The third kappa shape index (κ3) is 3.63. The molecule has 2 N–H and O–H groups in total. The minimum absolute atomic E-state index is 0.0967. The van der Waals surface area contributed by atoms with Gasteiger partial charge in [-0.3, -0.25) is 4.79 Å². The molecule has 1 aliphatic heterocycles. The van der Waals surface area contributed by atoms with Gasteiger partial charge >= 0.3 is 0 Å². The lowest BCUT2D eigenvalue weighted by Crippen LogP contribution is -2.36. The number of amides is 1. The molecule has 0 bridgehead atoms. The molecule has 1 aliphatic rings. The number of carbonyl (C=O) groups excluding carboxylic acids is 1. The van der Waals surface area contributed by atoms with Crippen molar-refractivity contribution in [3.05, 3.63) is 24.0 Å². The predicted octanol–water partition coefficient (Wildman–Crippen LogP) is 2.60. The molecule has 1 aromatic heterocycles. The van der Waals surface area contributed by atoms with E-state index in [1.165, 1.54) is 18.5 Å². The van der Waals surface area contributed by atoms with Gasteiger partial charge in [0.2, 0.25) is 5.91 Å². The van der Waals surface area contributed by atoms with Gasteiger partial charge in [0.15, 0.2) is 0 Å². The first-order valence-electron chi connectivity index (χ1n) is 7.76. The van der Waals surface area contributed by atoms with Crippen molar-refractivity contribution in [1.29, 1.82) is 0 Å². The normalized spacial score (nSPS) is 21.6. The van der Waals surface area contributed by atoms with E-state index < -0.39 is 0 Å². The Bertz CT molecular complexity index is 439. The van der Waals surface area contributed by atoms with Crippen molar-refractivity contribution in [2.45, 2.75) is 57.5 Å². The number of aromatic nitrogens is 1. The van der Waals surface area contributed by atoms with E-state index in [1.807, 2.05) is 6.92 Å². The molecule has 1 aromatic rings. The number of hydrogen-bond donors (Lipinski definition) is 1. The Morgan fingerprint density at radius 2 is 2.25 bits per heavy atom. The molecule has 4 heteroatoms. The summed E-state index contributed by atoms with van der Waals surface area (Å²) in [6, 6.07) is 4.53. The van der Waals surface area contributed by atoms with E-state index in [1.54, 1.807) is 0 Å². The minimum Gasteiger partial charge on any atom is -0.353 e. The Balaban J connectivity index is 2.13. The Morgan fingerprint density at radius 3 is 2.90 bits per heavy atom. The molecule has 0 radical (unpaired) electrons. The van der Waals surface area contributed by atoms with Crippen molar-refractivity contribution in [2.75, 3.05) is 6.54 Å². The van der Waals surface area contributed by atoms with Crippen LogP contribution in [0.2, 0.25) is 0 Å². The van der Waals surface area contributed by atoms with E-state index in [-0.39, 0.29) is 18.0 Å². The molecule has 1 amide bonds. The molecule has 2 heterocycles. The van der Waals surface area contributed by atoms with Gasteiger partial charge in [-0.25, -0.2) is 0 Å². The van der Waals surface area contributed by atoms with Gasteiger partial charge in [0.25, 0.3) is 0 Å². The lowest BCUT2D eigenvalue weighted by molar-refractivity contribution is -0.134. The number of likely N-dealkylation sites (tertiary alicyclic amines) is 1. The van der Waals surface area contributed by atoms with Crippen LogP contribution in [0.4, 0.5) is 0 Å². The number of carbonyl (C=O) groups is 1. The fourth-order valence-corrected chi connectivity index (χ4v) is 3.03. The van der Waals surface area contributed by atoms with Crippen molar-refractivity contribution in [3.63, 3.8) is 0 Å². The first-order chi connectivity index (χ1) is 9.59. The van der Waals surface area contributed by atoms with Crippen LogP contribution in [0.5, 0.6) is 0 Å². The van der Waals surface area contributed by atoms with Crippen molar-refractivity contribution >= 4 is 5.91 Å². The minimum atomic E-state index is 0.0967. The molecule has 0 spiro atoms. The second-order valence-electron chi connectivity index (χ2n) is 6.01. The molecule has 2 atom stereocenters. The third-order valence-corrected chi connectivity index (χ3v) is 4.21. The maximum atomic E-state index is 12.5. The second kappa shape index (κ2) is 6.93. The van der Waals surface area contributed by atoms with E-state index in [0.717, 1.165) is 25.8 Å². The number of rotatable bonds is 4. The van der Waals surface area contributed by atoms with E-state index in [9.17, 15) is 4.79 Å².